The molecule has 0 spiro atoms. The van der Waals surface area contributed by atoms with Crippen molar-refractivity contribution in [3.63, 3.8) is 0 Å². The van der Waals surface area contributed by atoms with E-state index in [0.29, 0.717) is 19.3 Å². The van der Waals surface area contributed by atoms with Gasteiger partial charge in [0.25, 0.3) is 0 Å². The minimum atomic E-state index is -0.120. The Labute approximate surface area is 133 Å². The van der Waals surface area contributed by atoms with Crippen molar-refractivity contribution in [3.8, 4) is 0 Å². The summed E-state index contributed by atoms with van der Waals surface area (Å²) >= 11 is 5.95. The van der Waals surface area contributed by atoms with E-state index in [1.807, 2.05) is 24.3 Å². The van der Waals surface area contributed by atoms with Crippen molar-refractivity contribution < 1.29 is 9.47 Å². The first-order valence-corrected chi connectivity index (χ1v) is 8.06. The standard InChI is InChI=1S/C17H26ClNO2/c1-17(2,3)21-11-10-20-16(12-19-15-8-9-15)13-4-6-14(18)7-5-13/h4-7,15-16,19H,8-12H2,1-3H3. The second kappa shape index (κ2) is 7.59. The van der Waals surface area contributed by atoms with Crippen LogP contribution in [0.25, 0.3) is 0 Å². The third-order valence-electron chi connectivity index (χ3n) is 3.35. The van der Waals surface area contributed by atoms with Gasteiger partial charge in [0.2, 0.25) is 0 Å². The molecule has 4 heteroatoms. The Morgan fingerprint density at radius 1 is 1.19 bits per heavy atom. The summed E-state index contributed by atoms with van der Waals surface area (Å²) in [4.78, 5) is 0. The molecule has 1 saturated carbocycles. The average Bonchev–Trinajstić information content (AvgIpc) is 3.22. The summed E-state index contributed by atoms with van der Waals surface area (Å²) < 4.78 is 11.7. The van der Waals surface area contributed by atoms with Gasteiger partial charge in [-0.1, -0.05) is 23.7 Å². The van der Waals surface area contributed by atoms with Crippen molar-refractivity contribution in [2.75, 3.05) is 19.8 Å². The zero-order valence-corrected chi connectivity index (χ0v) is 14.0. The van der Waals surface area contributed by atoms with E-state index in [1.54, 1.807) is 0 Å². The van der Waals surface area contributed by atoms with E-state index in [1.165, 1.54) is 12.8 Å². The van der Waals surface area contributed by atoms with Crippen LogP contribution in [0.15, 0.2) is 24.3 Å². The largest absolute Gasteiger partial charge is 0.373 e. The first kappa shape index (κ1) is 16.8. The Morgan fingerprint density at radius 3 is 2.43 bits per heavy atom. The molecule has 0 radical (unpaired) electrons. The molecule has 0 aliphatic heterocycles. The summed E-state index contributed by atoms with van der Waals surface area (Å²) in [6, 6.07) is 8.57. The van der Waals surface area contributed by atoms with Crippen molar-refractivity contribution in [1.82, 2.24) is 5.32 Å². The number of halogens is 1. The highest BCUT2D eigenvalue weighted by atomic mass is 35.5. The average molecular weight is 312 g/mol. The van der Waals surface area contributed by atoms with Crippen LogP contribution in [0, 0.1) is 0 Å². The molecule has 0 aromatic heterocycles. The molecule has 21 heavy (non-hydrogen) atoms. The van der Waals surface area contributed by atoms with Crippen LogP contribution >= 0.6 is 11.6 Å². The van der Waals surface area contributed by atoms with Gasteiger partial charge in [0.15, 0.2) is 0 Å². The molecule has 0 saturated heterocycles. The van der Waals surface area contributed by atoms with Gasteiger partial charge in [0.05, 0.1) is 24.9 Å². The highest BCUT2D eigenvalue weighted by Crippen LogP contribution is 2.23. The molecular formula is C17H26ClNO2. The second-order valence-corrected chi connectivity index (χ2v) is 6.99. The lowest BCUT2D eigenvalue weighted by Crippen LogP contribution is -2.27. The Morgan fingerprint density at radius 2 is 1.86 bits per heavy atom. The maximum Gasteiger partial charge on any atom is 0.0950 e. The summed E-state index contributed by atoms with van der Waals surface area (Å²) in [5.74, 6) is 0. The molecule has 3 nitrogen and oxygen atoms in total. The normalized spacial score (nSPS) is 17.0. The first-order chi connectivity index (χ1) is 9.94. The van der Waals surface area contributed by atoms with Crippen LogP contribution in [0.3, 0.4) is 0 Å². The molecule has 1 aliphatic carbocycles. The van der Waals surface area contributed by atoms with Crippen molar-refractivity contribution in [2.24, 2.45) is 0 Å². The fraction of sp³-hybridized carbons (Fsp3) is 0.647. The number of hydrogen-bond acceptors (Lipinski definition) is 3. The molecule has 1 aromatic carbocycles. The summed E-state index contributed by atoms with van der Waals surface area (Å²) in [6.45, 7) is 8.20. The van der Waals surface area contributed by atoms with Crippen molar-refractivity contribution in [2.45, 2.75) is 51.4 Å². The lowest BCUT2D eigenvalue weighted by Gasteiger charge is -2.22. The van der Waals surface area contributed by atoms with Gasteiger partial charge in [-0.3, -0.25) is 0 Å². The molecular weight excluding hydrogens is 286 g/mol. The van der Waals surface area contributed by atoms with Crippen LogP contribution in [-0.2, 0) is 9.47 Å². The topological polar surface area (TPSA) is 30.5 Å². The SMILES string of the molecule is CC(C)(C)OCCOC(CNC1CC1)c1ccc(Cl)cc1. The highest BCUT2D eigenvalue weighted by Gasteiger charge is 2.23. The highest BCUT2D eigenvalue weighted by molar-refractivity contribution is 6.30. The fourth-order valence-corrected chi connectivity index (χ4v) is 2.18. The molecule has 1 aliphatic rings. The predicted molar refractivity (Wildman–Crippen MR) is 86.9 cm³/mol. The molecule has 0 amide bonds. The fourth-order valence-electron chi connectivity index (χ4n) is 2.05. The van der Waals surface area contributed by atoms with Crippen LogP contribution in [-0.4, -0.2) is 31.4 Å². The molecule has 1 fully saturated rings. The molecule has 1 unspecified atom stereocenters. The molecule has 1 atom stereocenters. The van der Waals surface area contributed by atoms with Gasteiger partial charge in [-0.05, 0) is 51.3 Å². The smallest absolute Gasteiger partial charge is 0.0950 e. The molecule has 0 bridgehead atoms. The molecule has 0 heterocycles. The molecule has 118 valence electrons. The molecule has 1 aromatic rings. The Bertz CT molecular complexity index is 423. The predicted octanol–water partition coefficient (Wildman–Crippen LogP) is 3.96. The number of rotatable bonds is 8. The zero-order chi connectivity index (χ0) is 15.3. The summed E-state index contributed by atoms with van der Waals surface area (Å²) in [5.41, 5.74) is 1.04. The third kappa shape index (κ3) is 6.79. The first-order valence-electron chi connectivity index (χ1n) is 7.68. The van der Waals surface area contributed by atoms with Gasteiger partial charge >= 0.3 is 0 Å². The van der Waals surface area contributed by atoms with Crippen molar-refractivity contribution in [3.05, 3.63) is 34.9 Å². The Kier molecular flexibility index (Phi) is 6.06. The maximum atomic E-state index is 6.01. The van der Waals surface area contributed by atoms with Gasteiger partial charge in [-0.25, -0.2) is 0 Å². The van der Waals surface area contributed by atoms with Crippen LogP contribution in [0.2, 0.25) is 5.02 Å². The monoisotopic (exact) mass is 311 g/mol. The summed E-state index contributed by atoms with van der Waals surface area (Å²) in [7, 11) is 0. The van der Waals surface area contributed by atoms with Crippen LogP contribution in [0.5, 0.6) is 0 Å². The van der Waals surface area contributed by atoms with Crippen LogP contribution in [0.1, 0.15) is 45.3 Å². The van der Waals surface area contributed by atoms with Gasteiger partial charge in [-0.2, -0.15) is 0 Å². The van der Waals surface area contributed by atoms with Gasteiger partial charge in [0.1, 0.15) is 0 Å². The van der Waals surface area contributed by atoms with Crippen LogP contribution < -0.4 is 5.32 Å². The lowest BCUT2D eigenvalue weighted by molar-refractivity contribution is -0.0519. The maximum absolute atomic E-state index is 6.01. The van der Waals surface area contributed by atoms with E-state index < -0.39 is 0 Å². The van der Waals surface area contributed by atoms with E-state index in [0.717, 1.165) is 17.1 Å². The number of ether oxygens (including phenoxy) is 2. The van der Waals surface area contributed by atoms with E-state index in [4.69, 9.17) is 21.1 Å². The number of hydrogen-bond donors (Lipinski definition) is 1. The Hall–Kier alpha value is -0.610. The van der Waals surface area contributed by atoms with E-state index in [-0.39, 0.29) is 11.7 Å². The lowest BCUT2D eigenvalue weighted by atomic mass is 10.1. The van der Waals surface area contributed by atoms with E-state index in [9.17, 15) is 0 Å². The third-order valence-corrected chi connectivity index (χ3v) is 3.60. The van der Waals surface area contributed by atoms with E-state index >= 15 is 0 Å². The van der Waals surface area contributed by atoms with Crippen LogP contribution in [0.4, 0.5) is 0 Å². The minimum absolute atomic E-state index is 0.0476. The zero-order valence-electron chi connectivity index (χ0n) is 13.2. The molecule has 2 rings (SSSR count). The van der Waals surface area contributed by atoms with E-state index in [2.05, 4.69) is 26.1 Å². The Balaban J connectivity index is 1.83. The van der Waals surface area contributed by atoms with Gasteiger partial charge < -0.3 is 14.8 Å². The summed E-state index contributed by atoms with van der Waals surface area (Å²) in [5, 5.41) is 4.28. The van der Waals surface area contributed by atoms with Crippen molar-refractivity contribution in [1.29, 1.82) is 0 Å². The van der Waals surface area contributed by atoms with Gasteiger partial charge in [0, 0.05) is 17.6 Å². The second-order valence-electron chi connectivity index (χ2n) is 6.55. The number of benzene rings is 1. The number of nitrogens with one attached hydrogen (secondary N) is 1. The van der Waals surface area contributed by atoms with Gasteiger partial charge in [-0.15, -0.1) is 0 Å². The quantitative estimate of drug-likeness (QED) is 0.737. The van der Waals surface area contributed by atoms with Crippen molar-refractivity contribution >= 4 is 11.6 Å². The minimum Gasteiger partial charge on any atom is -0.373 e. The summed E-state index contributed by atoms with van der Waals surface area (Å²) in [6.07, 6.45) is 2.60. The molecule has 1 N–H and O–H groups in total.